The summed E-state index contributed by atoms with van der Waals surface area (Å²) in [5.41, 5.74) is 6.93. The van der Waals surface area contributed by atoms with Crippen LogP contribution in [0.25, 0.3) is 0 Å². The third kappa shape index (κ3) is 2.01. The van der Waals surface area contributed by atoms with Crippen molar-refractivity contribution in [3.8, 4) is 0 Å². The van der Waals surface area contributed by atoms with Crippen molar-refractivity contribution in [1.82, 2.24) is 5.32 Å². The maximum atomic E-state index is 12.2. The van der Waals surface area contributed by atoms with Crippen LogP contribution >= 0.6 is 15.9 Å². The zero-order valence-electron chi connectivity index (χ0n) is 9.86. The molecule has 1 amide bonds. The monoisotopic (exact) mass is 310 g/mol. The predicted molar refractivity (Wildman–Crippen MR) is 72.3 cm³/mol. The van der Waals surface area contributed by atoms with Gasteiger partial charge in [0, 0.05) is 5.69 Å². The Bertz CT molecular complexity index is 492. The van der Waals surface area contributed by atoms with Gasteiger partial charge in [-0.1, -0.05) is 6.07 Å². The van der Waals surface area contributed by atoms with Gasteiger partial charge in [-0.25, -0.2) is 0 Å². The van der Waals surface area contributed by atoms with Crippen LogP contribution in [0.4, 0.5) is 5.69 Å². The van der Waals surface area contributed by atoms with Gasteiger partial charge in [0.2, 0.25) is 0 Å². The Morgan fingerprint density at radius 2 is 2.28 bits per heavy atom. The van der Waals surface area contributed by atoms with Crippen LogP contribution in [0.5, 0.6) is 0 Å². The Labute approximate surface area is 114 Å². The molecule has 5 heteroatoms. The number of fused-ring (bicyclic) bond motifs is 2. The van der Waals surface area contributed by atoms with Crippen LogP contribution in [0.1, 0.15) is 29.6 Å². The lowest BCUT2D eigenvalue weighted by atomic mass is 9.95. The van der Waals surface area contributed by atoms with Crippen molar-refractivity contribution in [1.29, 1.82) is 0 Å². The fraction of sp³-hybridized carbons (Fsp3) is 0.462. The molecule has 0 saturated carbocycles. The number of carbonyl (C=O) groups is 1. The molecule has 2 saturated heterocycles. The minimum absolute atomic E-state index is 0.0877. The highest BCUT2D eigenvalue weighted by Gasteiger charge is 2.41. The van der Waals surface area contributed by atoms with Crippen LogP contribution < -0.4 is 11.1 Å². The first-order valence-electron chi connectivity index (χ1n) is 6.15. The molecule has 0 aromatic heterocycles. The predicted octanol–water partition coefficient (Wildman–Crippen LogP) is 2.08. The Hall–Kier alpha value is -1.07. The molecule has 1 aromatic carbocycles. The number of hydrogen-bond acceptors (Lipinski definition) is 3. The van der Waals surface area contributed by atoms with E-state index in [2.05, 4.69) is 21.2 Å². The van der Waals surface area contributed by atoms with Crippen LogP contribution in [0.2, 0.25) is 0 Å². The van der Waals surface area contributed by atoms with Gasteiger partial charge in [0.05, 0.1) is 28.3 Å². The second kappa shape index (κ2) is 4.55. The summed E-state index contributed by atoms with van der Waals surface area (Å²) in [4.78, 5) is 12.2. The summed E-state index contributed by atoms with van der Waals surface area (Å²) in [7, 11) is 0. The minimum atomic E-state index is -0.0877. The zero-order valence-corrected chi connectivity index (χ0v) is 11.4. The molecule has 96 valence electrons. The van der Waals surface area contributed by atoms with Gasteiger partial charge in [-0.05, 0) is 47.3 Å². The van der Waals surface area contributed by atoms with Crippen LogP contribution in [0.3, 0.4) is 0 Å². The number of carbonyl (C=O) groups excluding carboxylic acids is 1. The average Bonchev–Trinajstić information content (AvgIpc) is 2.94. The van der Waals surface area contributed by atoms with Gasteiger partial charge < -0.3 is 15.8 Å². The molecule has 2 heterocycles. The number of rotatable bonds is 2. The van der Waals surface area contributed by atoms with Crippen LogP contribution in [-0.2, 0) is 4.74 Å². The van der Waals surface area contributed by atoms with Crippen molar-refractivity contribution in [3.05, 3.63) is 28.2 Å². The first-order valence-corrected chi connectivity index (χ1v) is 6.95. The largest absolute Gasteiger partial charge is 0.398 e. The fourth-order valence-corrected chi connectivity index (χ4v) is 3.21. The third-order valence-corrected chi connectivity index (χ3v) is 4.58. The van der Waals surface area contributed by atoms with Crippen molar-refractivity contribution in [2.75, 3.05) is 5.73 Å². The quantitative estimate of drug-likeness (QED) is 0.822. The van der Waals surface area contributed by atoms with E-state index in [0.29, 0.717) is 21.8 Å². The minimum Gasteiger partial charge on any atom is -0.398 e. The number of hydrogen-bond donors (Lipinski definition) is 2. The van der Waals surface area contributed by atoms with Gasteiger partial charge in [-0.15, -0.1) is 0 Å². The van der Waals surface area contributed by atoms with Crippen molar-refractivity contribution in [2.24, 2.45) is 0 Å². The maximum absolute atomic E-state index is 12.2. The van der Waals surface area contributed by atoms with Crippen LogP contribution in [0.15, 0.2) is 22.7 Å². The van der Waals surface area contributed by atoms with E-state index < -0.39 is 0 Å². The number of ether oxygens (including phenoxy) is 1. The molecule has 3 rings (SSSR count). The molecule has 2 aliphatic rings. The van der Waals surface area contributed by atoms with E-state index in [1.807, 2.05) is 0 Å². The van der Waals surface area contributed by atoms with E-state index in [-0.39, 0.29) is 18.1 Å². The lowest BCUT2D eigenvalue weighted by Crippen LogP contribution is -2.41. The summed E-state index contributed by atoms with van der Waals surface area (Å²) in [5.74, 6) is -0.0877. The molecule has 2 bridgehead atoms. The molecular weight excluding hydrogens is 296 g/mol. The van der Waals surface area contributed by atoms with E-state index in [9.17, 15) is 4.79 Å². The molecule has 3 atom stereocenters. The number of nitrogens with two attached hydrogens (primary N) is 1. The van der Waals surface area contributed by atoms with Gasteiger partial charge in [0.15, 0.2) is 0 Å². The Kier molecular flexibility index (Phi) is 3.03. The van der Waals surface area contributed by atoms with Crippen LogP contribution in [-0.4, -0.2) is 24.2 Å². The summed E-state index contributed by atoms with van der Waals surface area (Å²) < 4.78 is 6.38. The SMILES string of the molecule is Nc1cccc(C(=O)NC2CC3CCC2O3)c1Br. The summed E-state index contributed by atoms with van der Waals surface area (Å²) in [6.07, 6.45) is 3.63. The van der Waals surface area contributed by atoms with Gasteiger partial charge in [-0.3, -0.25) is 4.79 Å². The first-order chi connectivity index (χ1) is 8.65. The van der Waals surface area contributed by atoms with Crippen molar-refractivity contribution in [3.63, 3.8) is 0 Å². The van der Waals surface area contributed by atoms with E-state index in [0.717, 1.165) is 19.3 Å². The van der Waals surface area contributed by atoms with E-state index in [4.69, 9.17) is 10.5 Å². The number of nitrogens with one attached hydrogen (secondary N) is 1. The second-order valence-corrected chi connectivity index (χ2v) is 5.69. The summed E-state index contributed by atoms with van der Waals surface area (Å²) in [5, 5.41) is 3.05. The molecule has 0 spiro atoms. The van der Waals surface area contributed by atoms with Crippen molar-refractivity contribution >= 4 is 27.5 Å². The first kappa shape index (κ1) is 12.0. The smallest absolute Gasteiger partial charge is 0.252 e. The van der Waals surface area contributed by atoms with E-state index in [1.165, 1.54) is 0 Å². The molecular formula is C13H15BrN2O2. The number of amides is 1. The van der Waals surface area contributed by atoms with Gasteiger partial charge in [0.25, 0.3) is 5.91 Å². The molecule has 2 aliphatic heterocycles. The number of nitrogen functional groups attached to an aromatic ring is 1. The normalized spacial score (nSPS) is 29.5. The second-order valence-electron chi connectivity index (χ2n) is 4.90. The molecule has 3 unspecified atom stereocenters. The van der Waals surface area contributed by atoms with E-state index >= 15 is 0 Å². The van der Waals surface area contributed by atoms with E-state index in [1.54, 1.807) is 18.2 Å². The number of anilines is 1. The number of halogens is 1. The summed E-state index contributed by atoms with van der Waals surface area (Å²) in [6.45, 7) is 0. The molecule has 3 N–H and O–H groups in total. The highest BCUT2D eigenvalue weighted by atomic mass is 79.9. The molecule has 0 aliphatic carbocycles. The van der Waals surface area contributed by atoms with Crippen molar-refractivity contribution < 1.29 is 9.53 Å². The standard InChI is InChI=1S/C13H15BrN2O2/c14-12-8(2-1-3-9(12)15)13(17)16-10-6-7-4-5-11(10)18-7/h1-3,7,10-11H,4-6,15H2,(H,16,17). The Morgan fingerprint density at radius 3 is 2.94 bits per heavy atom. The van der Waals surface area contributed by atoms with Crippen LogP contribution in [0, 0.1) is 0 Å². The molecule has 2 fully saturated rings. The highest BCUT2D eigenvalue weighted by molar-refractivity contribution is 9.10. The maximum Gasteiger partial charge on any atom is 0.252 e. The lowest BCUT2D eigenvalue weighted by Gasteiger charge is -2.20. The summed E-state index contributed by atoms with van der Waals surface area (Å²) in [6, 6.07) is 5.46. The third-order valence-electron chi connectivity index (χ3n) is 3.70. The van der Waals surface area contributed by atoms with Gasteiger partial charge in [0.1, 0.15) is 0 Å². The Balaban J connectivity index is 1.73. The average molecular weight is 311 g/mol. The zero-order chi connectivity index (χ0) is 12.7. The fourth-order valence-electron chi connectivity index (χ4n) is 2.76. The Morgan fingerprint density at radius 1 is 1.44 bits per heavy atom. The molecule has 1 aromatic rings. The molecule has 18 heavy (non-hydrogen) atoms. The molecule has 0 radical (unpaired) electrons. The summed E-state index contributed by atoms with van der Waals surface area (Å²) >= 11 is 3.35. The lowest BCUT2D eigenvalue weighted by molar-refractivity contribution is 0.0840. The molecule has 4 nitrogen and oxygen atoms in total. The highest BCUT2D eigenvalue weighted by Crippen LogP contribution is 2.34. The number of benzene rings is 1. The van der Waals surface area contributed by atoms with Gasteiger partial charge in [-0.2, -0.15) is 0 Å². The van der Waals surface area contributed by atoms with Gasteiger partial charge >= 0.3 is 0 Å². The topological polar surface area (TPSA) is 64.4 Å². The van der Waals surface area contributed by atoms with Crippen molar-refractivity contribution in [2.45, 2.75) is 37.5 Å².